The highest BCUT2D eigenvalue weighted by atomic mass is 32.2. The first kappa shape index (κ1) is 19.9. The molecule has 30 heavy (non-hydrogen) atoms. The summed E-state index contributed by atoms with van der Waals surface area (Å²) >= 11 is 0. The zero-order valence-corrected chi connectivity index (χ0v) is 18.6. The van der Waals surface area contributed by atoms with E-state index in [1.807, 2.05) is 31.2 Å². The molecule has 4 aliphatic carbocycles. The molecule has 0 heterocycles. The van der Waals surface area contributed by atoms with Gasteiger partial charge in [0.1, 0.15) is 0 Å². The number of anilines is 1. The normalized spacial score (nSPS) is 29.7. The fourth-order valence-corrected chi connectivity index (χ4v) is 8.18. The summed E-state index contributed by atoms with van der Waals surface area (Å²) in [5.41, 5.74) is 3.50. The van der Waals surface area contributed by atoms with E-state index in [1.165, 1.54) is 48.4 Å². The Kier molecular flexibility index (Phi) is 4.81. The van der Waals surface area contributed by atoms with Crippen molar-refractivity contribution >= 4 is 15.7 Å². The molecule has 2 aromatic carbocycles. The lowest BCUT2D eigenvalue weighted by molar-refractivity contribution is -0.00518. The van der Waals surface area contributed by atoms with Gasteiger partial charge in [-0.2, -0.15) is 0 Å². The van der Waals surface area contributed by atoms with Gasteiger partial charge in [-0.1, -0.05) is 35.9 Å². The van der Waals surface area contributed by atoms with Crippen LogP contribution in [-0.4, -0.2) is 15.0 Å². The molecule has 3 nitrogen and oxygen atoms in total. The minimum absolute atomic E-state index is 0.257. The molecule has 0 aliphatic heterocycles. The summed E-state index contributed by atoms with van der Waals surface area (Å²) in [5, 5.41) is 0. The molecule has 0 aromatic heterocycles. The first-order valence-corrected chi connectivity index (χ1v) is 12.6. The highest BCUT2D eigenvalue weighted by Gasteiger charge is 2.51. The average molecular weight is 422 g/mol. The van der Waals surface area contributed by atoms with Crippen LogP contribution < -0.4 is 4.31 Å². The monoisotopic (exact) mass is 421 g/mol. The third kappa shape index (κ3) is 3.30. The molecule has 0 N–H and O–H groups in total. The SMILES string of the molecule is C=CCN(c1ccc(C23CC4CC(CC(C4)C2)C3)cc1)S(=O)(=O)c1ccc(C)cc1. The molecular formula is C26H31NO2S. The van der Waals surface area contributed by atoms with E-state index < -0.39 is 10.0 Å². The molecule has 4 heteroatoms. The first-order valence-electron chi connectivity index (χ1n) is 11.2. The van der Waals surface area contributed by atoms with Gasteiger partial charge in [-0.25, -0.2) is 8.42 Å². The average Bonchev–Trinajstić information content (AvgIpc) is 2.71. The first-order chi connectivity index (χ1) is 14.4. The van der Waals surface area contributed by atoms with Crippen LogP contribution in [0.4, 0.5) is 5.69 Å². The molecule has 4 aliphatic rings. The summed E-state index contributed by atoms with van der Waals surface area (Å²) < 4.78 is 28.1. The maximum absolute atomic E-state index is 13.3. The second-order valence-electron chi connectivity index (χ2n) is 9.88. The molecule has 0 amide bonds. The topological polar surface area (TPSA) is 37.4 Å². The van der Waals surface area contributed by atoms with Gasteiger partial charge in [-0.05, 0) is 98.4 Å². The highest BCUT2D eigenvalue weighted by molar-refractivity contribution is 7.92. The molecule has 4 fully saturated rings. The predicted octanol–water partition coefficient (Wildman–Crippen LogP) is 5.84. The molecule has 0 atom stereocenters. The fourth-order valence-electron chi connectivity index (χ4n) is 6.74. The summed E-state index contributed by atoms with van der Waals surface area (Å²) in [6.45, 7) is 6.00. The van der Waals surface area contributed by atoms with E-state index >= 15 is 0 Å². The highest BCUT2D eigenvalue weighted by Crippen LogP contribution is 2.60. The Morgan fingerprint density at radius 1 is 0.933 bits per heavy atom. The van der Waals surface area contributed by atoms with Gasteiger partial charge < -0.3 is 0 Å². The van der Waals surface area contributed by atoms with Crippen molar-refractivity contribution in [3.05, 3.63) is 72.3 Å². The minimum atomic E-state index is -3.63. The second-order valence-corrected chi connectivity index (χ2v) is 11.7. The second kappa shape index (κ2) is 7.26. The molecule has 4 bridgehead atoms. The quantitative estimate of drug-likeness (QED) is 0.549. The van der Waals surface area contributed by atoms with Crippen LogP contribution in [-0.2, 0) is 15.4 Å². The van der Waals surface area contributed by atoms with E-state index in [2.05, 4.69) is 18.7 Å². The van der Waals surface area contributed by atoms with Gasteiger partial charge in [0.15, 0.2) is 0 Å². The van der Waals surface area contributed by atoms with E-state index in [4.69, 9.17) is 0 Å². The predicted molar refractivity (Wildman–Crippen MR) is 122 cm³/mol. The molecule has 0 unspecified atom stereocenters. The third-order valence-electron chi connectivity index (χ3n) is 7.71. The van der Waals surface area contributed by atoms with Crippen molar-refractivity contribution in [1.82, 2.24) is 0 Å². The van der Waals surface area contributed by atoms with E-state index in [-0.39, 0.29) is 6.54 Å². The van der Waals surface area contributed by atoms with Crippen molar-refractivity contribution in [3.63, 3.8) is 0 Å². The van der Waals surface area contributed by atoms with Crippen LogP contribution in [0.1, 0.15) is 49.7 Å². The molecular weight excluding hydrogens is 390 g/mol. The summed E-state index contributed by atoms with van der Waals surface area (Å²) in [7, 11) is -3.63. The smallest absolute Gasteiger partial charge is 0.263 e. The van der Waals surface area contributed by atoms with Gasteiger partial charge in [0.25, 0.3) is 10.0 Å². The largest absolute Gasteiger partial charge is 0.264 e. The molecule has 6 rings (SSSR count). The lowest BCUT2D eigenvalue weighted by Gasteiger charge is -2.57. The van der Waals surface area contributed by atoms with Crippen LogP contribution in [0.25, 0.3) is 0 Å². The van der Waals surface area contributed by atoms with Crippen LogP contribution in [0, 0.1) is 24.7 Å². The maximum Gasteiger partial charge on any atom is 0.264 e. The summed E-state index contributed by atoms with van der Waals surface area (Å²) in [6, 6.07) is 15.5. The zero-order chi connectivity index (χ0) is 20.9. The number of hydrogen-bond donors (Lipinski definition) is 0. The van der Waals surface area contributed by atoms with Crippen LogP contribution in [0.15, 0.2) is 66.1 Å². The van der Waals surface area contributed by atoms with Crippen LogP contribution in [0.3, 0.4) is 0 Å². The third-order valence-corrected chi connectivity index (χ3v) is 9.52. The van der Waals surface area contributed by atoms with E-state index in [0.29, 0.717) is 16.0 Å². The fraction of sp³-hybridized carbons (Fsp3) is 0.462. The van der Waals surface area contributed by atoms with Gasteiger partial charge in [0.05, 0.1) is 17.1 Å². The van der Waals surface area contributed by atoms with Crippen LogP contribution in [0.2, 0.25) is 0 Å². The minimum Gasteiger partial charge on any atom is -0.263 e. The number of sulfonamides is 1. The molecule has 158 valence electrons. The molecule has 0 radical (unpaired) electrons. The summed E-state index contributed by atoms with van der Waals surface area (Å²) in [6.07, 6.45) is 9.89. The molecule has 0 spiro atoms. The Hall–Kier alpha value is -2.07. The Morgan fingerprint density at radius 2 is 1.47 bits per heavy atom. The van der Waals surface area contributed by atoms with E-state index in [0.717, 1.165) is 23.3 Å². The van der Waals surface area contributed by atoms with E-state index in [9.17, 15) is 8.42 Å². The number of nitrogens with zero attached hydrogens (tertiary/aromatic N) is 1. The van der Waals surface area contributed by atoms with E-state index in [1.54, 1.807) is 18.2 Å². The van der Waals surface area contributed by atoms with Crippen molar-refractivity contribution < 1.29 is 8.42 Å². The summed E-state index contributed by atoms with van der Waals surface area (Å²) in [5.74, 6) is 2.69. The Bertz CT molecular complexity index is 1000. The Morgan fingerprint density at radius 3 is 1.97 bits per heavy atom. The molecule has 0 saturated heterocycles. The van der Waals surface area contributed by atoms with Crippen molar-refractivity contribution in [1.29, 1.82) is 0 Å². The maximum atomic E-state index is 13.3. The zero-order valence-electron chi connectivity index (χ0n) is 17.8. The van der Waals surface area contributed by atoms with Gasteiger partial charge in [-0.3, -0.25) is 4.31 Å². The molecule has 2 aromatic rings. The van der Waals surface area contributed by atoms with Crippen molar-refractivity contribution in [2.24, 2.45) is 17.8 Å². The number of hydrogen-bond acceptors (Lipinski definition) is 2. The van der Waals surface area contributed by atoms with Gasteiger partial charge >= 0.3 is 0 Å². The van der Waals surface area contributed by atoms with Gasteiger partial charge in [-0.15, -0.1) is 6.58 Å². The van der Waals surface area contributed by atoms with Gasteiger partial charge in [0.2, 0.25) is 0 Å². The van der Waals surface area contributed by atoms with Gasteiger partial charge in [0, 0.05) is 0 Å². The lowest BCUT2D eigenvalue weighted by Crippen LogP contribution is -2.48. The van der Waals surface area contributed by atoms with Crippen LogP contribution in [0.5, 0.6) is 0 Å². The number of aryl methyl sites for hydroxylation is 1. The number of benzene rings is 2. The van der Waals surface area contributed by atoms with Crippen LogP contribution >= 0.6 is 0 Å². The standard InChI is InChI=1S/C26H31NO2S/c1-3-12-27(30(28,29)25-10-4-19(2)5-11-25)24-8-6-23(7-9-24)26-16-20-13-21(17-26)15-22(14-20)18-26/h3-11,20-22H,1,12-18H2,2H3. The number of rotatable bonds is 6. The van der Waals surface area contributed by atoms with Crippen molar-refractivity contribution in [3.8, 4) is 0 Å². The Balaban J connectivity index is 1.46. The molecule has 4 saturated carbocycles. The van der Waals surface area contributed by atoms with Crippen molar-refractivity contribution in [2.45, 2.75) is 55.8 Å². The lowest BCUT2D eigenvalue weighted by atomic mass is 9.48. The Labute approximate surface area is 180 Å². The van der Waals surface area contributed by atoms with Crippen molar-refractivity contribution in [2.75, 3.05) is 10.8 Å². The summed E-state index contributed by atoms with van der Waals surface area (Å²) in [4.78, 5) is 0.320.